The van der Waals surface area contributed by atoms with Crippen LogP contribution in [-0.2, 0) is 18.9 Å². The molecule has 0 spiro atoms. The van der Waals surface area contributed by atoms with Crippen molar-refractivity contribution in [2.75, 3.05) is 0 Å². The van der Waals surface area contributed by atoms with Crippen molar-refractivity contribution in [2.24, 2.45) is 0 Å². The van der Waals surface area contributed by atoms with Crippen LogP contribution >= 0.6 is 0 Å². The smallest absolute Gasteiger partial charge is 0.164 e. The average Bonchev–Trinajstić information content (AvgIpc) is 2.71. The van der Waals surface area contributed by atoms with Crippen LogP contribution in [0.4, 0.5) is 0 Å². The van der Waals surface area contributed by atoms with E-state index < -0.39 is 48.2 Å². The van der Waals surface area contributed by atoms with Crippen molar-refractivity contribution in [1.29, 1.82) is 0 Å². The van der Waals surface area contributed by atoms with E-state index in [-0.39, 0.29) is 0 Å². The summed E-state index contributed by atoms with van der Waals surface area (Å²) < 4.78 is 22.8. The molecule has 3 rings (SSSR count). The zero-order chi connectivity index (χ0) is 13.3. The molecule has 0 aromatic carbocycles. The van der Waals surface area contributed by atoms with E-state index in [9.17, 15) is 10.2 Å². The summed E-state index contributed by atoms with van der Waals surface area (Å²) in [5.41, 5.74) is 0. The van der Waals surface area contributed by atoms with Crippen LogP contribution in [0.5, 0.6) is 0 Å². The van der Waals surface area contributed by atoms with Gasteiger partial charge in [0, 0.05) is 0 Å². The van der Waals surface area contributed by atoms with Gasteiger partial charge in [-0.15, -0.1) is 0 Å². The lowest BCUT2D eigenvalue weighted by molar-refractivity contribution is -0.185. The second-order valence-corrected chi connectivity index (χ2v) is 6.11. The summed E-state index contributed by atoms with van der Waals surface area (Å²) in [7, 11) is 0. The molecular formula is C12H20O6. The molecule has 6 heteroatoms. The van der Waals surface area contributed by atoms with E-state index in [1.54, 1.807) is 27.7 Å². The van der Waals surface area contributed by atoms with E-state index in [4.69, 9.17) is 18.9 Å². The van der Waals surface area contributed by atoms with Crippen LogP contribution in [0.15, 0.2) is 0 Å². The Hall–Kier alpha value is -0.240. The first-order valence-electron chi connectivity index (χ1n) is 6.28. The quantitative estimate of drug-likeness (QED) is 0.626. The van der Waals surface area contributed by atoms with Gasteiger partial charge in [-0.1, -0.05) is 0 Å². The highest BCUT2D eigenvalue weighted by molar-refractivity contribution is 5.07. The molecule has 0 radical (unpaired) electrons. The predicted octanol–water partition coefficient (Wildman–Crippen LogP) is -0.238. The first-order valence-corrected chi connectivity index (χ1v) is 6.28. The SMILES string of the molecule is CC1(C)O[C@@H]2[C@H]3OC(C)(C)O[C@H]3C(O)C(O)[C@H]2O1. The van der Waals surface area contributed by atoms with Crippen molar-refractivity contribution < 1.29 is 29.2 Å². The summed E-state index contributed by atoms with van der Waals surface area (Å²) in [4.78, 5) is 0. The lowest BCUT2D eigenvalue weighted by atomic mass is 9.85. The fourth-order valence-electron chi connectivity index (χ4n) is 3.06. The molecule has 0 aromatic heterocycles. The summed E-state index contributed by atoms with van der Waals surface area (Å²) >= 11 is 0. The van der Waals surface area contributed by atoms with Crippen molar-refractivity contribution in [3.8, 4) is 0 Å². The zero-order valence-corrected chi connectivity index (χ0v) is 11.0. The maximum absolute atomic E-state index is 10.1. The van der Waals surface area contributed by atoms with Crippen molar-refractivity contribution >= 4 is 0 Å². The monoisotopic (exact) mass is 260 g/mol. The molecule has 2 unspecified atom stereocenters. The first-order chi connectivity index (χ1) is 8.20. The van der Waals surface area contributed by atoms with Gasteiger partial charge < -0.3 is 29.2 Å². The highest BCUT2D eigenvalue weighted by atomic mass is 16.8. The van der Waals surface area contributed by atoms with E-state index in [0.29, 0.717) is 0 Å². The summed E-state index contributed by atoms with van der Waals surface area (Å²) in [6.45, 7) is 7.11. The summed E-state index contributed by atoms with van der Waals surface area (Å²) in [5.74, 6) is -1.58. The molecule has 2 aliphatic heterocycles. The number of ether oxygens (including phenoxy) is 4. The fourth-order valence-corrected chi connectivity index (χ4v) is 3.06. The fraction of sp³-hybridized carbons (Fsp3) is 1.00. The molecule has 0 amide bonds. The largest absolute Gasteiger partial charge is 0.387 e. The number of rotatable bonds is 0. The molecule has 6 atom stereocenters. The van der Waals surface area contributed by atoms with E-state index in [2.05, 4.69) is 0 Å². The molecule has 2 saturated heterocycles. The summed E-state index contributed by atoms with van der Waals surface area (Å²) in [5, 5.41) is 20.2. The third-order valence-electron chi connectivity index (χ3n) is 3.67. The van der Waals surface area contributed by atoms with E-state index in [1.807, 2.05) is 0 Å². The average molecular weight is 260 g/mol. The van der Waals surface area contributed by atoms with Crippen LogP contribution in [0.1, 0.15) is 27.7 Å². The predicted molar refractivity (Wildman–Crippen MR) is 59.7 cm³/mol. The maximum Gasteiger partial charge on any atom is 0.164 e. The van der Waals surface area contributed by atoms with Gasteiger partial charge >= 0.3 is 0 Å². The lowest BCUT2D eigenvalue weighted by Gasteiger charge is -2.38. The summed E-state index contributed by atoms with van der Waals surface area (Å²) in [6, 6.07) is 0. The third kappa shape index (κ3) is 1.79. The molecule has 0 bridgehead atoms. The molecule has 0 aromatic rings. The topological polar surface area (TPSA) is 77.4 Å². The molecule has 1 aliphatic carbocycles. The minimum Gasteiger partial charge on any atom is -0.387 e. The van der Waals surface area contributed by atoms with Crippen LogP contribution in [0.25, 0.3) is 0 Å². The van der Waals surface area contributed by atoms with Crippen molar-refractivity contribution in [3.63, 3.8) is 0 Å². The molecule has 3 aliphatic rings. The second kappa shape index (κ2) is 3.65. The van der Waals surface area contributed by atoms with Crippen LogP contribution < -0.4 is 0 Å². The second-order valence-electron chi connectivity index (χ2n) is 6.11. The van der Waals surface area contributed by atoms with Gasteiger partial charge in [-0.05, 0) is 27.7 Å². The van der Waals surface area contributed by atoms with Crippen molar-refractivity contribution in [2.45, 2.75) is 75.9 Å². The maximum atomic E-state index is 10.1. The van der Waals surface area contributed by atoms with Crippen molar-refractivity contribution in [1.82, 2.24) is 0 Å². The molecular weight excluding hydrogens is 240 g/mol. The Morgan fingerprint density at radius 1 is 0.611 bits per heavy atom. The number of aliphatic hydroxyl groups is 2. The van der Waals surface area contributed by atoms with E-state index in [0.717, 1.165) is 0 Å². The first kappa shape index (κ1) is 12.8. The van der Waals surface area contributed by atoms with Crippen LogP contribution in [0, 0.1) is 0 Å². The molecule has 2 N–H and O–H groups in total. The van der Waals surface area contributed by atoms with E-state index in [1.165, 1.54) is 0 Å². The molecule has 104 valence electrons. The summed E-state index contributed by atoms with van der Waals surface area (Å²) in [6.07, 6.45) is -4.09. The molecule has 18 heavy (non-hydrogen) atoms. The van der Waals surface area contributed by atoms with Crippen LogP contribution in [0.3, 0.4) is 0 Å². The van der Waals surface area contributed by atoms with Gasteiger partial charge in [0.1, 0.15) is 36.6 Å². The van der Waals surface area contributed by atoms with Crippen LogP contribution in [0.2, 0.25) is 0 Å². The van der Waals surface area contributed by atoms with Crippen LogP contribution in [-0.4, -0.2) is 58.4 Å². The highest BCUT2D eigenvalue weighted by Crippen LogP contribution is 2.44. The highest BCUT2D eigenvalue weighted by Gasteiger charge is 2.62. The third-order valence-corrected chi connectivity index (χ3v) is 3.67. The number of hydrogen-bond donors (Lipinski definition) is 2. The Labute approximate surface area is 106 Å². The number of hydrogen-bond acceptors (Lipinski definition) is 6. The van der Waals surface area contributed by atoms with Gasteiger partial charge in [-0.25, -0.2) is 0 Å². The van der Waals surface area contributed by atoms with Gasteiger partial charge in [0.15, 0.2) is 11.6 Å². The normalized spacial score (nSPS) is 53.0. The minimum atomic E-state index is -1.03. The number of fused-ring (bicyclic) bond motifs is 3. The van der Waals surface area contributed by atoms with Crippen molar-refractivity contribution in [3.05, 3.63) is 0 Å². The van der Waals surface area contributed by atoms with Gasteiger partial charge in [0.05, 0.1) is 0 Å². The zero-order valence-electron chi connectivity index (χ0n) is 11.0. The Bertz CT molecular complexity index is 320. The Morgan fingerprint density at radius 3 is 1.22 bits per heavy atom. The Kier molecular flexibility index (Phi) is 2.59. The Morgan fingerprint density at radius 2 is 0.889 bits per heavy atom. The van der Waals surface area contributed by atoms with Gasteiger partial charge in [-0.3, -0.25) is 0 Å². The van der Waals surface area contributed by atoms with Gasteiger partial charge in [0.25, 0.3) is 0 Å². The van der Waals surface area contributed by atoms with Gasteiger partial charge in [-0.2, -0.15) is 0 Å². The standard InChI is InChI=1S/C12H20O6/c1-11(2)15-7-5(13)6(14)8-10(9(7)17-11)18-12(3,4)16-8/h5-10,13-14H,1-4H3/t5?,6?,7-,8+,9-,10-/m0/s1. The molecule has 1 saturated carbocycles. The molecule has 6 nitrogen and oxygen atoms in total. The number of aliphatic hydroxyl groups excluding tert-OH is 2. The molecule has 2 heterocycles. The van der Waals surface area contributed by atoms with E-state index >= 15 is 0 Å². The molecule has 3 fully saturated rings. The minimum absolute atomic E-state index is 0.426. The Balaban J connectivity index is 1.91. The van der Waals surface area contributed by atoms with Gasteiger partial charge in [0.2, 0.25) is 0 Å². The lowest BCUT2D eigenvalue weighted by Crippen LogP contribution is -2.61.